The van der Waals surface area contributed by atoms with Crippen molar-refractivity contribution in [3.05, 3.63) is 114 Å². The molecule has 5 rings (SSSR count). The number of hydrazine groups is 1. The Balaban J connectivity index is 1.70. The molecule has 3 aromatic carbocycles. The summed E-state index contributed by atoms with van der Waals surface area (Å²) in [4.78, 5) is 62.7. The van der Waals surface area contributed by atoms with Crippen LogP contribution in [-0.2, 0) is 25.5 Å². The average Bonchev–Trinajstić information content (AvgIpc) is 3.40. The number of ether oxygens (including phenoxy) is 1. The predicted octanol–water partition coefficient (Wildman–Crippen LogP) is 5.15. The fraction of sp³-hybridized carbons (Fsp3) is 0.306. The summed E-state index contributed by atoms with van der Waals surface area (Å²) in [6.07, 6.45) is 1.72. The smallest absolute Gasteiger partial charge is 0.269 e. The van der Waals surface area contributed by atoms with Crippen molar-refractivity contribution >= 4 is 35.1 Å². The molecule has 0 saturated carbocycles. The standard InChI is InChI=1S/C36H38N4O5/c1-24(2)31-35(44)40(30(27-17-11-7-12-18-27)22-38(31)34(43)28-19-13-8-14-20-28)39(25(3)41)29(21-26-15-9-6-10-16-26)32(42)33-37-36(4,5)23-45-33/h6-20,22,24,29,31H,21,23H2,1-5H3/t29-,31?/m0/s1. The van der Waals surface area contributed by atoms with Crippen LogP contribution in [0.1, 0.15) is 56.1 Å². The minimum atomic E-state index is -1.17. The van der Waals surface area contributed by atoms with E-state index < -0.39 is 35.2 Å². The lowest BCUT2D eigenvalue weighted by molar-refractivity contribution is -0.165. The molecule has 3 aromatic rings. The first-order valence-electron chi connectivity index (χ1n) is 15.1. The van der Waals surface area contributed by atoms with E-state index in [1.165, 1.54) is 21.8 Å². The molecule has 45 heavy (non-hydrogen) atoms. The molecule has 3 amide bonds. The highest BCUT2D eigenvalue weighted by molar-refractivity contribution is 6.39. The molecule has 0 spiro atoms. The Hall–Kier alpha value is -5.05. The number of nitrogens with zero attached hydrogens (tertiary/aromatic N) is 4. The van der Waals surface area contributed by atoms with Crippen LogP contribution in [0.5, 0.6) is 0 Å². The van der Waals surface area contributed by atoms with E-state index in [0.717, 1.165) is 5.56 Å². The lowest BCUT2D eigenvalue weighted by atomic mass is 9.96. The van der Waals surface area contributed by atoms with Crippen molar-refractivity contribution < 1.29 is 23.9 Å². The molecular formula is C36H38N4O5. The highest BCUT2D eigenvalue weighted by atomic mass is 16.5. The molecule has 0 bridgehead atoms. The maximum atomic E-state index is 14.8. The molecule has 0 saturated heterocycles. The minimum absolute atomic E-state index is 0.0804. The summed E-state index contributed by atoms with van der Waals surface area (Å²) in [5.74, 6) is -2.31. The zero-order chi connectivity index (χ0) is 32.3. The van der Waals surface area contributed by atoms with Crippen molar-refractivity contribution in [1.82, 2.24) is 14.9 Å². The van der Waals surface area contributed by atoms with Crippen LogP contribution in [0.3, 0.4) is 0 Å². The van der Waals surface area contributed by atoms with Crippen LogP contribution in [0.15, 0.2) is 102 Å². The SMILES string of the molecule is CC(=O)N([C@@H](Cc1ccccc1)C(=O)C1=NC(C)(C)CO1)N1C(=O)C(C(C)C)N(C(=O)c2ccccc2)C=C1c1ccccc1. The van der Waals surface area contributed by atoms with Crippen molar-refractivity contribution in [3.8, 4) is 0 Å². The van der Waals surface area contributed by atoms with Crippen LogP contribution in [-0.4, -0.2) is 68.5 Å². The van der Waals surface area contributed by atoms with Gasteiger partial charge in [-0.2, -0.15) is 0 Å². The number of carbonyl (C=O) groups excluding carboxylic acids is 4. The van der Waals surface area contributed by atoms with Crippen LogP contribution in [0.2, 0.25) is 0 Å². The van der Waals surface area contributed by atoms with Crippen molar-refractivity contribution in [2.24, 2.45) is 10.9 Å². The van der Waals surface area contributed by atoms with Crippen LogP contribution < -0.4 is 0 Å². The van der Waals surface area contributed by atoms with Gasteiger partial charge in [0.15, 0.2) is 0 Å². The van der Waals surface area contributed by atoms with Gasteiger partial charge in [0.25, 0.3) is 17.7 Å². The molecule has 9 heteroatoms. The Morgan fingerprint density at radius 1 is 0.933 bits per heavy atom. The van der Waals surface area contributed by atoms with Gasteiger partial charge in [0.05, 0.1) is 11.2 Å². The topological polar surface area (TPSA) is 99.6 Å². The number of benzene rings is 3. The van der Waals surface area contributed by atoms with E-state index in [0.29, 0.717) is 11.1 Å². The van der Waals surface area contributed by atoms with Gasteiger partial charge in [-0.15, -0.1) is 0 Å². The van der Waals surface area contributed by atoms with E-state index in [9.17, 15) is 19.2 Å². The summed E-state index contributed by atoms with van der Waals surface area (Å²) >= 11 is 0. The van der Waals surface area contributed by atoms with Crippen LogP contribution in [0.25, 0.3) is 5.70 Å². The van der Waals surface area contributed by atoms with E-state index >= 15 is 0 Å². The molecule has 0 aliphatic carbocycles. The number of aliphatic imine (C=N–C) groups is 1. The lowest BCUT2D eigenvalue weighted by Gasteiger charge is -2.46. The van der Waals surface area contributed by atoms with E-state index in [1.54, 1.807) is 42.6 Å². The van der Waals surface area contributed by atoms with Gasteiger partial charge >= 0.3 is 0 Å². The van der Waals surface area contributed by atoms with Gasteiger partial charge in [0.2, 0.25) is 11.7 Å². The van der Waals surface area contributed by atoms with Crippen molar-refractivity contribution in [2.45, 2.75) is 58.7 Å². The number of amides is 3. The second-order valence-corrected chi connectivity index (χ2v) is 12.2. The third-order valence-corrected chi connectivity index (χ3v) is 7.79. The first-order valence-corrected chi connectivity index (χ1v) is 15.1. The third-order valence-electron chi connectivity index (χ3n) is 7.79. The van der Waals surface area contributed by atoms with Crippen LogP contribution >= 0.6 is 0 Å². The normalized spacial score (nSPS) is 18.2. The molecule has 232 valence electrons. The molecular weight excluding hydrogens is 568 g/mol. The fourth-order valence-electron chi connectivity index (χ4n) is 5.66. The summed E-state index contributed by atoms with van der Waals surface area (Å²) in [6, 6.07) is 25.0. The van der Waals surface area contributed by atoms with Crippen LogP contribution in [0.4, 0.5) is 0 Å². The molecule has 2 atom stereocenters. The molecule has 2 heterocycles. The van der Waals surface area contributed by atoms with Crippen LogP contribution in [0, 0.1) is 5.92 Å². The Bertz CT molecular complexity index is 1630. The van der Waals surface area contributed by atoms with Gasteiger partial charge in [-0.25, -0.2) is 15.0 Å². The highest BCUT2D eigenvalue weighted by Crippen LogP contribution is 2.34. The van der Waals surface area contributed by atoms with E-state index in [-0.39, 0.29) is 36.4 Å². The van der Waals surface area contributed by atoms with E-state index in [1.807, 2.05) is 82.3 Å². The van der Waals surface area contributed by atoms with Gasteiger partial charge in [-0.05, 0) is 37.5 Å². The number of Topliss-reactive ketones (excluding diaryl/α,β-unsaturated/α-hetero) is 1. The molecule has 2 aliphatic heterocycles. The van der Waals surface area contributed by atoms with E-state index in [4.69, 9.17) is 4.74 Å². The Kier molecular flexibility index (Phi) is 8.99. The largest absolute Gasteiger partial charge is 0.473 e. The molecule has 0 N–H and O–H groups in total. The van der Waals surface area contributed by atoms with Crippen molar-refractivity contribution in [3.63, 3.8) is 0 Å². The molecule has 1 unspecified atom stereocenters. The summed E-state index contributed by atoms with van der Waals surface area (Å²) in [6.45, 7) is 8.96. The second-order valence-electron chi connectivity index (χ2n) is 12.2. The number of hydrogen-bond acceptors (Lipinski definition) is 6. The number of ketones is 1. The highest BCUT2D eigenvalue weighted by Gasteiger charge is 2.48. The maximum absolute atomic E-state index is 14.8. The number of carbonyl (C=O) groups is 4. The lowest BCUT2D eigenvalue weighted by Crippen LogP contribution is -2.64. The van der Waals surface area contributed by atoms with Gasteiger partial charge in [-0.1, -0.05) is 92.7 Å². The summed E-state index contributed by atoms with van der Waals surface area (Å²) < 4.78 is 5.75. The average molecular weight is 607 g/mol. The summed E-state index contributed by atoms with van der Waals surface area (Å²) in [5.41, 5.74) is 1.48. The predicted molar refractivity (Wildman–Crippen MR) is 171 cm³/mol. The van der Waals surface area contributed by atoms with Gasteiger partial charge in [0, 0.05) is 30.7 Å². The summed E-state index contributed by atoms with van der Waals surface area (Å²) in [7, 11) is 0. The minimum Gasteiger partial charge on any atom is -0.473 e. The molecule has 0 fully saturated rings. The molecule has 9 nitrogen and oxygen atoms in total. The zero-order valence-corrected chi connectivity index (χ0v) is 26.2. The Morgan fingerprint density at radius 3 is 2.04 bits per heavy atom. The summed E-state index contributed by atoms with van der Waals surface area (Å²) in [5, 5.41) is 2.50. The van der Waals surface area contributed by atoms with Gasteiger partial charge < -0.3 is 4.74 Å². The van der Waals surface area contributed by atoms with E-state index in [2.05, 4.69) is 4.99 Å². The van der Waals surface area contributed by atoms with Gasteiger partial charge in [-0.3, -0.25) is 24.1 Å². The Morgan fingerprint density at radius 2 is 1.51 bits per heavy atom. The number of rotatable bonds is 9. The van der Waals surface area contributed by atoms with Crippen molar-refractivity contribution in [1.29, 1.82) is 0 Å². The van der Waals surface area contributed by atoms with Gasteiger partial charge in [0.1, 0.15) is 18.7 Å². The first-order chi connectivity index (χ1) is 21.5. The molecule has 0 radical (unpaired) electrons. The molecule has 0 aromatic heterocycles. The second kappa shape index (κ2) is 12.9. The monoisotopic (exact) mass is 606 g/mol. The van der Waals surface area contributed by atoms with Crippen molar-refractivity contribution in [2.75, 3.05) is 6.61 Å². The Labute approximate surface area is 263 Å². The number of hydrogen-bond donors (Lipinski definition) is 0. The maximum Gasteiger partial charge on any atom is 0.269 e. The zero-order valence-electron chi connectivity index (χ0n) is 26.2. The third kappa shape index (κ3) is 6.57. The fourth-order valence-corrected chi connectivity index (χ4v) is 5.66. The quantitative estimate of drug-likeness (QED) is 0.336. The first kappa shape index (κ1) is 31.4. The molecule has 2 aliphatic rings.